The van der Waals surface area contributed by atoms with Crippen LogP contribution in [0.3, 0.4) is 0 Å². The number of Topliss-reactive ketones (excluding diaryl/α,β-unsaturated/α-hetero) is 1. The van der Waals surface area contributed by atoms with E-state index in [-0.39, 0.29) is 5.78 Å². The number of hydrogen-bond acceptors (Lipinski definition) is 5. The standard InChI is InChI=1S/C19H20O5/c1-4-18(23-16-9-5-14(6-10-16)13(2)20)24-17-11-7-15(8-12-17)19(21)22-3/h5-12,18H,4H2,1-3H3. The van der Waals surface area contributed by atoms with E-state index in [1.165, 1.54) is 14.0 Å². The first-order valence-electron chi connectivity index (χ1n) is 7.66. The molecule has 0 bridgehead atoms. The van der Waals surface area contributed by atoms with Crippen LogP contribution in [0.15, 0.2) is 48.5 Å². The molecule has 1 atom stereocenters. The predicted molar refractivity (Wildman–Crippen MR) is 89.6 cm³/mol. The summed E-state index contributed by atoms with van der Waals surface area (Å²) in [7, 11) is 1.34. The molecule has 126 valence electrons. The van der Waals surface area contributed by atoms with E-state index in [9.17, 15) is 9.59 Å². The molecule has 1 unspecified atom stereocenters. The third-order valence-electron chi connectivity index (χ3n) is 3.40. The SMILES string of the molecule is CCC(Oc1ccc(C(C)=O)cc1)Oc1ccc(C(=O)OC)cc1. The van der Waals surface area contributed by atoms with E-state index in [2.05, 4.69) is 4.74 Å². The van der Waals surface area contributed by atoms with E-state index in [4.69, 9.17) is 9.47 Å². The lowest BCUT2D eigenvalue weighted by Gasteiger charge is -2.19. The number of ether oxygens (including phenoxy) is 3. The Labute approximate surface area is 141 Å². The molecule has 2 rings (SSSR count). The summed E-state index contributed by atoms with van der Waals surface area (Å²) in [4.78, 5) is 22.7. The maximum absolute atomic E-state index is 11.4. The number of ketones is 1. The van der Waals surface area contributed by atoms with Gasteiger partial charge in [-0.3, -0.25) is 4.79 Å². The Hall–Kier alpha value is -2.82. The Morgan fingerprint density at radius 3 is 1.71 bits per heavy atom. The van der Waals surface area contributed by atoms with Crippen molar-refractivity contribution in [2.45, 2.75) is 26.6 Å². The molecule has 5 heteroatoms. The highest BCUT2D eigenvalue weighted by molar-refractivity contribution is 5.94. The van der Waals surface area contributed by atoms with Crippen LogP contribution in [0.2, 0.25) is 0 Å². The first kappa shape index (κ1) is 17.5. The summed E-state index contributed by atoms with van der Waals surface area (Å²) in [5.41, 5.74) is 1.09. The maximum atomic E-state index is 11.4. The van der Waals surface area contributed by atoms with Crippen LogP contribution in [0.1, 0.15) is 41.0 Å². The minimum atomic E-state index is -0.475. The van der Waals surface area contributed by atoms with Gasteiger partial charge in [0, 0.05) is 12.0 Å². The molecule has 5 nitrogen and oxygen atoms in total. The van der Waals surface area contributed by atoms with E-state index in [0.717, 1.165) is 0 Å². The van der Waals surface area contributed by atoms with Gasteiger partial charge in [-0.2, -0.15) is 0 Å². The molecule has 2 aromatic rings. The second kappa shape index (κ2) is 8.15. The second-order valence-corrected chi connectivity index (χ2v) is 5.17. The Kier molecular flexibility index (Phi) is 5.95. The molecular weight excluding hydrogens is 308 g/mol. The molecule has 0 amide bonds. The molecule has 0 spiro atoms. The quantitative estimate of drug-likeness (QED) is 0.439. The number of benzene rings is 2. The highest BCUT2D eigenvalue weighted by atomic mass is 16.7. The van der Waals surface area contributed by atoms with Gasteiger partial charge in [0.1, 0.15) is 11.5 Å². The van der Waals surface area contributed by atoms with Gasteiger partial charge in [0.05, 0.1) is 12.7 Å². The molecule has 0 radical (unpaired) electrons. The average molecular weight is 328 g/mol. The minimum absolute atomic E-state index is 0.00976. The molecule has 0 fully saturated rings. The lowest BCUT2D eigenvalue weighted by molar-refractivity contribution is 0.00330. The van der Waals surface area contributed by atoms with E-state index >= 15 is 0 Å². The largest absolute Gasteiger partial charge is 0.465 e. The van der Waals surface area contributed by atoms with Crippen molar-refractivity contribution in [2.24, 2.45) is 0 Å². The Bertz CT molecular complexity index is 689. The van der Waals surface area contributed by atoms with Crippen LogP contribution in [0.4, 0.5) is 0 Å². The van der Waals surface area contributed by atoms with Crippen LogP contribution in [-0.2, 0) is 4.74 Å². The monoisotopic (exact) mass is 328 g/mol. The normalized spacial score (nSPS) is 11.5. The summed E-state index contributed by atoms with van der Waals surface area (Å²) in [5.74, 6) is 0.832. The fourth-order valence-corrected chi connectivity index (χ4v) is 2.05. The van der Waals surface area contributed by atoms with E-state index in [1.807, 2.05) is 6.92 Å². The van der Waals surface area contributed by atoms with Gasteiger partial charge in [0.2, 0.25) is 6.29 Å². The fourth-order valence-electron chi connectivity index (χ4n) is 2.05. The Balaban J connectivity index is 2.01. The molecule has 0 aliphatic heterocycles. The highest BCUT2D eigenvalue weighted by Gasteiger charge is 2.11. The summed E-state index contributed by atoms with van der Waals surface area (Å²) in [6.07, 6.45) is 0.157. The van der Waals surface area contributed by atoms with Crippen molar-refractivity contribution in [3.05, 3.63) is 59.7 Å². The summed E-state index contributed by atoms with van der Waals surface area (Å²) in [6.45, 7) is 3.46. The van der Waals surface area contributed by atoms with E-state index < -0.39 is 12.3 Å². The molecular formula is C19H20O5. The van der Waals surface area contributed by atoms with Crippen molar-refractivity contribution < 1.29 is 23.8 Å². The summed E-state index contributed by atoms with van der Waals surface area (Å²) in [5, 5.41) is 0. The van der Waals surface area contributed by atoms with E-state index in [1.54, 1.807) is 48.5 Å². The van der Waals surface area contributed by atoms with Gasteiger partial charge in [-0.25, -0.2) is 4.79 Å². The van der Waals surface area contributed by atoms with Crippen molar-refractivity contribution in [3.8, 4) is 11.5 Å². The van der Waals surface area contributed by atoms with Crippen molar-refractivity contribution in [1.82, 2.24) is 0 Å². The van der Waals surface area contributed by atoms with Crippen molar-refractivity contribution >= 4 is 11.8 Å². The van der Waals surface area contributed by atoms with Gasteiger partial charge >= 0.3 is 5.97 Å². The zero-order valence-electron chi connectivity index (χ0n) is 13.9. The van der Waals surface area contributed by atoms with Gasteiger partial charge < -0.3 is 14.2 Å². The molecule has 0 N–H and O–H groups in total. The third-order valence-corrected chi connectivity index (χ3v) is 3.40. The molecule has 0 saturated heterocycles. The van der Waals surface area contributed by atoms with Crippen LogP contribution in [0, 0.1) is 0 Å². The molecule has 0 aliphatic rings. The minimum Gasteiger partial charge on any atom is -0.465 e. The Morgan fingerprint density at radius 2 is 1.33 bits per heavy atom. The number of methoxy groups -OCH3 is 1. The number of carbonyl (C=O) groups excluding carboxylic acids is 2. The summed E-state index contributed by atoms with van der Waals surface area (Å²) >= 11 is 0. The van der Waals surface area contributed by atoms with Crippen molar-refractivity contribution in [3.63, 3.8) is 0 Å². The number of carbonyl (C=O) groups is 2. The summed E-state index contributed by atoms with van der Waals surface area (Å²) < 4.78 is 16.2. The fraction of sp³-hybridized carbons (Fsp3) is 0.263. The van der Waals surface area contributed by atoms with Crippen molar-refractivity contribution in [1.29, 1.82) is 0 Å². The molecule has 0 saturated carbocycles. The lowest BCUT2D eigenvalue weighted by Crippen LogP contribution is -2.22. The molecule has 2 aromatic carbocycles. The maximum Gasteiger partial charge on any atom is 0.337 e. The highest BCUT2D eigenvalue weighted by Crippen LogP contribution is 2.19. The molecule has 24 heavy (non-hydrogen) atoms. The first-order valence-corrected chi connectivity index (χ1v) is 7.66. The van der Waals surface area contributed by atoms with Gasteiger partial charge in [-0.05, 0) is 55.5 Å². The van der Waals surface area contributed by atoms with Crippen LogP contribution < -0.4 is 9.47 Å². The van der Waals surface area contributed by atoms with Crippen LogP contribution >= 0.6 is 0 Å². The van der Waals surface area contributed by atoms with Gasteiger partial charge in [0.25, 0.3) is 0 Å². The molecule has 0 aliphatic carbocycles. The topological polar surface area (TPSA) is 61.8 Å². The van der Waals surface area contributed by atoms with Crippen LogP contribution in [-0.4, -0.2) is 25.2 Å². The lowest BCUT2D eigenvalue weighted by atomic mass is 10.1. The predicted octanol–water partition coefficient (Wildman–Crippen LogP) is 3.87. The van der Waals surface area contributed by atoms with E-state index in [0.29, 0.717) is 29.0 Å². The third kappa shape index (κ3) is 4.59. The van der Waals surface area contributed by atoms with Gasteiger partial charge in [0.15, 0.2) is 5.78 Å². The zero-order valence-corrected chi connectivity index (χ0v) is 13.9. The zero-order chi connectivity index (χ0) is 17.5. The van der Waals surface area contributed by atoms with Gasteiger partial charge in [-0.1, -0.05) is 6.92 Å². The average Bonchev–Trinajstić information content (AvgIpc) is 2.61. The smallest absolute Gasteiger partial charge is 0.337 e. The Morgan fingerprint density at radius 1 is 0.875 bits per heavy atom. The number of rotatable bonds is 7. The van der Waals surface area contributed by atoms with Crippen molar-refractivity contribution in [2.75, 3.05) is 7.11 Å². The molecule has 0 aromatic heterocycles. The van der Waals surface area contributed by atoms with Crippen LogP contribution in [0.5, 0.6) is 11.5 Å². The van der Waals surface area contributed by atoms with Crippen LogP contribution in [0.25, 0.3) is 0 Å². The number of hydrogen-bond donors (Lipinski definition) is 0. The number of esters is 1. The first-order chi connectivity index (χ1) is 11.5. The summed E-state index contributed by atoms with van der Waals surface area (Å²) in [6, 6.07) is 13.6. The second-order valence-electron chi connectivity index (χ2n) is 5.17. The molecule has 0 heterocycles. The van der Waals surface area contributed by atoms with Gasteiger partial charge in [-0.15, -0.1) is 0 Å².